The maximum absolute atomic E-state index is 14.8. The summed E-state index contributed by atoms with van der Waals surface area (Å²) in [6.07, 6.45) is -6.23. The minimum atomic E-state index is -4.76. The topological polar surface area (TPSA) is 137 Å². The van der Waals surface area contributed by atoms with Crippen molar-refractivity contribution in [2.75, 3.05) is 13.2 Å². The van der Waals surface area contributed by atoms with E-state index in [2.05, 4.69) is 20.4 Å². The highest BCUT2D eigenvalue weighted by atomic mass is 19.4. The number of halogens is 4. The number of hydrogen-bond acceptors (Lipinski definition) is 8. The van der Waals surface area contributed by atoms with Crippen molar-refractivity contribution in [2.45, 2.75) is 44.3 Å². The Balaban J connectivity index is 1.95. The molecule has 10 nitrogen and oxygen atoms in total. The maximum atomic E-state index is 14.8. The quantitative estimate of drug-likeness (QED) is 0.592. The number of nitrogens with one attached hydrogen (secondary N) is 1. The second-order valence-electron chi connectivity index (χ2n) is 7.35. The zero-order valence-electron chi connectivity index (χ0n) is 17.0. The fourth-order valence-corrected chi connectivity index (χ4v) is 2.69. The minimum Gasteiger partial charge on any atom is -0.481 e. The lowest BCUT2D eigenvalue weighted by Crippen LogP contribution is -2.50. The van der Waals surface area contributed by atoms with Crippen molar-refractivity contribution in [1.29, 1.82) is 0 Å². The van der Waals surface area contributed by atoms with Crippen LogP contribution >= 0.6 is 0 Å². The van der Waals surface area contributed by atoms with E-state index in [-0.39, 0.29) is 17.3 Å². The number of alkyl halides is 4. The zero-order chi connectivity index (χ0) is 23.9. The van der Waals surface area contributed by atoms with Crippen molar-refractivity contribution in [2.24, 2.45) is 0 Å². The van der Waals surface area contributed by atoms with Crippen molar-refractivity contribution < 1.29 is 46.3 Å². The first-order chi connectivity index (χ1) is 14.8. The van der Waals surface area contributed by atoms with Gasteiger partial charge in [-0.2, -0.15) is 18.2 Å². The summed E-state index contributed by atoms with van der Waals surface area (Å²) in [4.78, 5) is 32.1. The Morgan fingerprint density at radius 2 is 2.00 bits per heavy atom. The SMILES string of the molecule is Cc1nc(C(C)(NC(=O)c2cc(O[C@@H](C)C(F)(F)F)c(C3(F)COC3)cn2)C(=O)O)no1. The highest BCUT2D eigenvalue weighted by Crippen LogP contribution is 2.40. The van der Waals surface area contributed by atoms with E-state index in [1.54, 1.807) is 0 Å². The summed E-state index contributed by atoms with van der Waals surface area (Å²) in [5.74, 6) is -3.56. The first kappa shape index (κ1) is 23.4. The molecule has 1 unspecified atom stereocenters. The lowest BCUT2D eigenvalue weighted by atomic mass is 9.94. The van der Waals surface area contributed by atoms with E-state index in [0.29, 0.717) is 6.92 Å². The van der Waals surface area contributed by atoms with Crippen LogP contribution in [-0.4, -0.2) is 57.6 Å². The monoisotopic (exact) mass is 462 g/mol. The molecule has 174 valence electrons. The average molecular weight is 462 g/mol. The van der Waals surface area contributed by atoms with Gasteiger partial charge in [-0.3, -0.25) is 9.78 Å². The number of amides is 1. The summed E-state index contributed by atoms with van der Waals surface area (Å²) >= 11 is 0. The summed E-state index contributed by atoms with van der Waals surface area (Å²) in [6.45, 7) is 2.35. The molecule has 0 radical (unpaired) electrons. The molecule has 1 amide bonds. The summed E-state index contributed by atoms with van der Waals surface area (Å²) in [5.41, 5.74) is -5.14. The molecule has 2 atom stereocenters. The van der Waals surface area contributed by atoms with Crippen LogP contribution in [0.3, 0.4) is 0 Å². The third kappa shape index (κ3) is 4.35. The summed E-state index contributed by atoms with van der Waals surface area (Å²) in [7, 11) is 0. The molecule has 14 heteroatoms. The number of aromatic nitrogens is 3. The Bertz CT molecular complexity index is 1040. The second kappa shape index (κ2) is 8.00. The van der Waals surface area contributed by atoms with Crippen LogP contribution in [0.1, 0.15) is 41.6 Å². The van der Waals surface area contributed by atoms with E-state index in [1.165, 1.54) is 6.92 Å². The van der Waals surface area contributed by atoms with Gasteiger partial charge in [0, 0.05) is 19.2 Å². The van der Waals surface area contributed by atoms with Crippen LogP contribution in [0.2, 0.25) is 0 Å². The van der Waals surface area contributed by atoms with Crippen LogP contribution in [0.15, 0.2) is 16.8 Å². The van der Waals surface area contributed by atoms with Crippen molar-refractivity contribution in [3.05, 3.63) is 35.2 Å². The number of hydrogen-bond donors (Lipinski definition) is 2. The highest BCUT2D eigenvalue weighted by molar-refractivity contribution is 5.96. The van der Waals surface area contributed by atoms with Gasteiger partial charge in [0.2, 0.25) is 11.7 Å². The molecule has 3 rings (SSSR count). The van der Waals surface area contributed by atoms with Gasteiger partial charge >= 0.3 is 12.1 Å². The normalized spacial score (nSPS) is 18.2. The minimum absolute atomic E-state index is 0.0389. The van der Waals surface area contributed by atoms with Crippen molar-refractivity contribution >= 4 is 11.9 Å². The number of rotatable bonds is 7. The van der Waals surface area contributed by atoms with Gasteiger partial charge < -0.3 is 24.4 Å². The Labute approximate surface area is 177 Å². The van der Waals surface area contributed by atoms with Gasteiger partial charge in [0.05, 0.1) is 18.8 Å². The molecule has 0 aromatic carbocycles. The number of aryl methyl sites for hydroxylation is 1. The van der Waals surface area contributed by atoms with E-state index in [0.717, 1.165) is 19.2 Å². The number of carboxylic acids is 1. The summed E-state index contributed by atoms with van der Waals surface area (Å²) < 4.78 is 68.3. The van der Waals surface area contributed by atoms with E-state index >= 15 is 0 Å². The molecule has 0 saturated carbocycles. The molecule has 32 heavy (non-hydrogen) atoms. The average Bonchev–Trinajstić information content (AvgIpc) is 3.12. The van der Waals surface area contributed by atoms with Crippen molar-refractivity contribution in [3.63, 3.8) is 0 Å². The van der Waals surface area contributed by atoms with Gasteiger partial charge in [-0.25, -0.2) is 9.18 Å². The maximum Gasteiger partial charge on any atom is 0.425 e. The van der Waals surface area contributed by atoms with Gasteiger partial charge in [0.15, 0.2) is 17.3 Å². The molecule has 0 spiro atoms. The first-order valence-electron chi connectivity index (χ1n) is 9.13. The predicted molar refractivity (Wildman–Crippen MR) is 95.5 cm³/mol. The van der Waals surface area contributed by atoms with Gasteiger partial charge in [-0.05, 0) is 13.8 Å². The lowest BCUT2D eigenvalue weighted by Gasteiger charge is -2.35. The van der Waals surface area contributed by atoms with Crippen LogP contribution in [0.4, 0.5) is 17.6 Å². The van der Waals surface area contributed by atoms with Crippen molar-refractivity contribution in [3.8, 4) is 5.75 Å². The van der Waals surface area contributed by atoms with Gasteiger partial charge in [-0.1, -0.05) is 5.16 Å². The molecule has 0 aliphatic carbocycles. The largest absolute Gasteiger partial charge is 0.481 e. The molecular formula is C18H18F4N4O6. The number of pyridine rings is 1. The van der Waals surface area contributed by atoms with Gasteiger partial charge in [-0.15, -0.1) is 0 Å². The number of nitrogens with zero attached hydrogens (tertiary/aromatic N) is 3. The van der Waals surface area contributed by atoms with Crippen LogP contribution in [0.5, 0.6) is 5.75 Å². The van der Waals surface area contributed by atoms with E-state index in [9.17, 15) is 32.3 Å². The summed E-state index contributed by atoms with van der Waals surface area (Å²) in [6, 6.07) is 0.802. The van der Waals surface area contributed by atoms with Crippen LogP contribution in [0.25, 0.3) is 0 Å². The molecular weight excluding hydrogens is 444 g/mol. The molecule has 1 aliphatic rings. The number of carbonyl (C=O) groups is 2. The number of aliphatic carboxylic acids is 1. The fraction of sp³-hybridized carbons (Fsp3) is 0.500. The summed E-state index contributed by atoms with van der Waals surface area (Å²) in [5, 5.41) is 15.2. The zero-order valence-corrected chi connectivity index (χ0v) is 17.0. The van der Waals surface area contributed by atoms with E-state index in [1.807, 2.05) is 0 Å². The fourth-order valence-electron chi connectivity index (χ4n) is 2.69. The van der Waals surface area contributed by atoms with Crippen LogP contribution < -0.4 is 10.1 Å². The van der Waals surface area contributed by atoms with Crippen LogP contribution in [-0.2, 0) is 20.7 Å². The Hall–Kier alpha value is -3.29. The molecule has 3 heterocycles. The van der Waals surface area contributed by atoms with Gasteiger partial charge in [0.1, 0.15) is 11.4 Å². The number of carbonyl (C=O) groups excluding carboxylic acids is 1. The van der Waals surface area contributed by atoms with E-state index in [4.69, 9.17) is 14.0 Å². The van der Waals surface area contributed by atoms with Gasteiger partial charge in [0.25, 0.3) is 5.91 Å². The highest BCUT2D eigenvalue weighted by Gasteiger charge is 2.46. The molecule has 1 aliphatic heterocycles. The Morgan fingerprint density at radius 1 is 1.34 bits per heavy atom. The third-order valence-corrected chi connectivity index (χ3v) is 4.77. The lowest BCUT2D eigenvalue weighted by molar-refractivity contribution is -0.190. The predicted octanol–water partition coefficient (Wildman–Crippen LogP) is 2.03. The number of carboxylic acid groups (broad SMARTS) is 1. The molecule has 2 aromatic rings. The standard InChI is InChI=1S/C18H18F4N4O6/c1-8(18(20,21)22)31-12-4-11(23-5-10(12)17(19)6-30-7-17)13(27)25-16(3,15(28)29)14-24-9(2)32-26-14/h4-5,8H,6-7H2,1-3H3,(H,25,27)(H,28,29)/t8-,16?/m0/s1. The molecule has 1 saturated heterocycles. The Morgan fingerprint density at radius 3 is 2.47 bits per heavy atom. The molecule has 2 aromatic heterocycles. The smallest absolute Gasteiger partial charge is 0.425 e. The molecule has 0 bridgehead atoms. The third-order valence-electron chi connectivity index (χ3n) is 4.77. The van der Waals surface area contributed by atoms with E-state index < -0.39 is 60.0 Å². The Kier molecular flexibility index (Phi) is 5.84. The van der Waals surface area contributed by atoms with Crippen LogP contribution in [0, 0.1) is 6.92 Å². The molecule has 1 fully saturated rings. The second-order valence-corrected chi connectivity index (χ2v) is 7.35. The number of ether oxygens (including phenoxy) is 2. The molecule has 2 N–H and O–H groups in total. The van der Waals surface area contributed by atoms with Crippen molar-refractivity contribution in [1.82, 2.24) is 20.4 Å². The first-order valence-corrected chi connectivity index (χ1v) is 9.13.